The summed E-state index contributed by atoms with van der Waals surface area (Å²) in [7, 11) is 0.868. The Hall–Kier alpha value is -5.90. The predicted molar refractivity (Wildman–Crippen MR) is 253 cm³/mol. The molecule has 0 saturated heterocycles. The molecule has 9 nitrogen and oxygen atoms in total. The number of aryl methyl sites for hydroxylation is 6. The average Bonchev–Trinajstić information content (AvgIpc) is 4.09. The van der Waals surface area contributed by atoms with Crippen LogP contribution in [-0.2, 0) is 25.1 Å². The number of hydrogen-bond donors (Lipinski definition) is 1. The summed E-state index contributed by atoms with van der Waals surface area (Å²) in [4.78, 5) is 0. The molecule has 8 aromatic rings. The number of aromatic amines is 1. The monoisotopic (exact) mass is 954 g/mol. The molecule has 0 radical (unpaired) electrons. The zero-order valence-electron chi connectivity index (χ0n) is 37.7. The number of nitrogens with zero attached hydrogens (tertiary/aromatic N) is 7. The highest BCUT2D eigenvalue weighted by molar-refractivity contribution is 9.10. The molecule has 0 unspecified atom stereocenters. The van der Waals surface area contributed by atoms with Crippen molar-refractivity contribution in [1.29, 1.82) is 0 Å². The van der Waals surface area contributed by atoms with Crippen LogP contribution in [0.15, 0.2) is 121 Å². The molecule has 0 saturated carbocycles. The minimum Gasteiger partial charge on any atom is -0.360 e. The Morgan fingerprint density at radius 3 is 1.53 bits per heavy atom. The van der Waals surface area contributed by atoms with Crippen LogP contribution in [0.2, 0.25) is 25.7 Å². The molecule has 4 aromatic heterocycles. The maximum Gasteiger partial charge on any atom is 0.139 e. The van der Waals surface area contributed by atoms with E-state index >= 15 is 0 Å². The number of nitrogens with one attached hydrogen (secondary N) is 1. The fourth-order valence-electron chi connectivity index (χ4n) is 5.99. The molecule has 0 amide bonds. The molecule has 0 aliphatic rings. The van der Waals surface area contributed by atoms with Gasteiger partial charge in [-0.1, -0.05) is 78.0 Å². The van der Waals surface area contributed by atoms with Crippen LogP contribution in [0.5, 0.6) is 0 Å². The first-order valence-electron chi connectivity index (χ1n) is 20.7. The SMILES string of the molecule is Cc1cc(Cn2cc(-c3ccc(C)c(F)c3)cn2)n(C)n1.Cc1ccc(-c2cn[nH]c2)cc1F.Cc1ccc(-c2cnn(COCC[Si](C)(C)C)c2)cc1F.Cc1ccc(Br)cc1F. The number of halogens is 5. The van der Waals surface area contributed by atoms with E-state index in [2.05, 4.69) is 61.1 Å². The Balaban J connectivity index is 0.000000168. The van der Waals surface area contributed by atoms with Crippen LogP contribution < -0.4 is 0 Å². The number of H-pyrrole nitrogens is 1. The van der Waals surface area contributed by atoms with E-state index in [0.717, 1.165) is 61.9 Å². The van der Waals surface area contributed by atoms with Crippen LogP contribution in [0.4, 0.5) is 17.6 Å². The van der Waals surface area contributed by atoms with Gasteiger partial charge in [-0.05, 0) is 116 Å². The van der Waals surface area contributed by atoms with E-state index in [0.29, 0.717) is 35.5 Å². The molecular formula is C49H55BrF4N8OSi. The summed E-state index contributed by atoms with van der Waals surface area (Å²) >= 11 is 3.16. The normalized spacial score (nSPS) is 11.0. The minimum atomic E-state index is -1.05. The van der Waals surface area contributed by atoms with E-state index in [1.165, 1.54) is 12.1 Å². The molecule has 0 aliphatic heterocycles. The minimum absolute atomic E-state index is 0.163. The number of rotatable bonds is 10. The summed E-state index contributed by atoms with van der Waals surface area (Å²) in [6.07, 6.45) is 10.7. The maximum atomic E-state index is 13.6. The predicted octanol–water partition coefficient (Wildman–Crippen LogP) is 12.8. The van der Waals surface area contributed by atoms with Gasteiger partial charge in [0.05, 0.1) is 36.5 Å². The van der Waals surface area contributed by atoms with Crippen molar-refractivity contribution < 1.29 is 22.3 Å². The third-order valence-corrected chi connectivity index (χ3v) is 12.3. The molecular weight excluding hydrogens is 901 g/mol. The molecule has 0 spiro atoms. The van der Waals surface area contributed by atoms with Crippen molar-refractivity contribution in [1.82, 2.24) is 39.5 Å². The van der Waals surface area contributed by atoms with Crippen LogP contribution in [0.25, 0.3) is 33.4 Å². The Labute approximate surface area is 382 Å². The highest BCUT2D eigenvalue weighted by Gasteiger charge is 2.13. The van der Waals surface area contributed by atoms with Gasteiger partial charge in [-0.3, -0.25) is 14.5 Å². The first kappa shape index (κ1) is 49.1. The van der Waals surface area contributed by atoms with Gasteiger partial charge < -0.3 is 4.74 Å². The number of hydrogen-bond acceptors (Lipinski definition) is 5. The van der Waals surface area contributed by atoms with Gasteiger partial charge in [0.25, 0.3) is 0 Å². The van der Waals surface area contributed by atoms with Crippen molar-refractivity contribution in [3.63, 3.8) is 0 Å². The van der Waals surface area contributed by atoms with E-state index < -0.39 is 8.07 Å². The van der Waals surface area contributed by atoms with Gasteiger partial charge in [-0.25, -0.2) is 22.2 Å². The maximum absolute atomic E-state index is 13.6. The molecule has 4 heterocycles. The van der Waals surface area contributed by atoms with E-state index in [4.69, 9.17) is 4.74 Å². The lowest BCUT2D eigenvalue weighted by Crippen LogP contribution is -2.22. The Morgan fingerprint density at radius 2 is 1.09 bits per heavy atom. The average molecular weight is 956 g/mol. The molecule has 64 heavy (non-hydrogen) atoms. The van der Waals surface area contributed by atoms with E-state index in [1.54, 1.807) is 93.6 Å². The second kappa shape index (κ2) is 22.6. The molecule has 0 atom stereocenters. The van der Waals surface area contributed by atoms with E-state index in [-0.39, 0.29) is 23.3 Å². The Morgan fingerprint density at radius 1 is 0.609 bits per heavy atom. The highest BCUT2D eigenvalue weighted by Crippen LogP contribution is 2.24. The highest BCUT2D eigenvalue weighted by atomic mass is 79.9. The van der Waals surface area contributed by atoms with Crippen molar-refractivity contribution in [2.45, 2.75) is 73.6 Å². The van der Waals surface area contributed by atoms with Crippen molar-refractivity contribution in [3.8, 4) is 33.4 Å². The fraction of sp³-hybridized carbons (Fsp3) is 0.265. The molecule has 1 N–H and O–H groups in total. The van der Waals surface area contributed by atoms with Gasteiger partial charge in [0.1, 0.15) is 30.0 Å². The lowest BCUT2D eigenvalue weighted by atomic mass is 10.1. The summed E-state index contributed by atoms with van der Waals surface area (Å²) in [5.41, 5.74) is 9.95. The van der Waals surface area contributed by atoms with Gasteiger partial charge in [-0.2, -0.15) is 20.4 Å². The van der Waals surface area contributed by atoms with Crippen LogP contribution in [-0.4, -0.2) is 54.2 Å². The zero-order valence-corrected chi connectivity index (χ0v) is 40.3. The lowest BCUT2D eigenvalue weighted by molar-refractivity contribution is 0.0786. The molecule has 0 fully saturated rings. The standard InChI is InChI=1S/C16H17FN4.C16H23FN2OSi.C10H9FN2.C7H6BrF/c1-11-4-5-13(7-16(11)17)14-8-18-21(9-14)10-15-6-12(2)19-20(15)3;1-13-5-6-14(9-16(13)17)15-10-18-19(11-15)12-20-7-8-21(2,3)4;1-7-2-3-8(4-10(7)11)9-5-12-13-6-9;1-5-2-3-6(8)4-7(5)9/h4-9H,10H2,1-3H3;5-6,9-11H,7-8,12H2,1-4H3;2-6H,1H3,(H,12,13);2-4H,1H3. The molecule has 0 aliphatic carbocycles. The topological polar surface area (TPSA) is 91.4 Å². The molecule has 15 heteroatoms. The van der Waals surface area contributed by atoms with E-state index in [9.17, 15) is 17.6 Å². The smallest absolute Gasteiger partial charge is 0.139 e. The fourth-order valence-corrected chi connectivity index (χ4v) is 7.08. The van der Waals surface area contributed by atoms with Crippen molar-refractivity contribution in [2.75, 3.05) is 6.61 Å². The Kier molecular flexibility index (Phi) is 17.4. The second-order valence-corrected chi connectivity index (χ2v) is 23.3. The van der Waals surface area contributed by atoms with Crippen LogP contribution in [0.1, 0.15) is 33.6 Å². The summed E-state index contributed by atoms with van der Waals surface area (Å²) in [6, 6.07) is 23.8. The quantitative estimate of drug-likeness (QED) is 0.0838. The van der Waals surface area contributed by atoms with Crippen molar-refractivity contribution in [2.24, 2.45) is 7.05 Å². The van der Waals surface area contributed by atoms with Crippen molar-refractivity contribution >= 4 is 24.0 Å². The van der Waals surface area contributed by atoms with Gasteiger partial charge in [0.2, 0.25) is 0 Å². The largest absolute Gasteiger partial charge is 0.360 e. The van der Waals surface area contributed by atoms with Gasteiger partial charge in [0, 0.05) is 61.5 Å². The van der Waals surface area contributed by atoms with Gasteiger partial charge in [-0.15, -0.1) is 0 Å². The van der Waals surface area contributed by atoms with Crippen molar-refractivity contribution in [3.05, 3.63) is 177 Å². The van der Waals surface area contributed by atoms with Crippen LogP contribution in [0, 0.1) is 57.9 Å². The molecule has 8 rings (SSSR count). The summed E-state index contributed by atoms with van der Waals surface area (Å²) in [6.45, 7) is 17.8. The third-order valence-electron chi connectivity index (χ3n) is 10.1. The number of ether oxygens (including phenoxy) is 1. The van der Waals surface area contributed by atoms with E-state index in [1.807, 2.05) is 66.1 Å². The second-order valence-electron chi connectivity index (χ2n) is 16.7. The van der Waals surface area contributed by atoms with Crippen LogP contribution in [0.3, 0.4) is 0 Å². The molecule has 4 aromatic carbocycles. The zero-order chi connectivity index (χ0) is 46.6. The Bertz CT molecular complexity index is 2740. The summed E-state index contributed by atoms with van der Waals surface area (Å²) in [5.74, 6) is -0.725. The van der Waals surface area contributed by atoms with Crippen LogP contribution >= 0.6 is 15.9 Å². The third kappa shape index (κ3) is 14.8. The summed E-state index contributed by atoms with van der Waals surface area (Å²) in [5, 5.41) is 19.4. The molecule has 336 valence electrons. The first-order valence-corrected chi connectivity index (χ1v) is 25.2. The van der Waals surface area contributed by atoms with Gasteiger partial charge >= 0.3 is 0 Å². The molecule has 0 bridgehead atoms. The number of benzene rings is 4. The lowest BCUT2D eigenvalue weighted by Gasteiger charge is -2.15. The van der Waals surface area contributed by atoms with Gasteiger partial charge in [0.15, 0.2) is 0 Å². The first-order chi connectivity index (χ1) is 30.3. The summed E-state index contributed by atoms with van der Waals surface area (Å²) < 4.78 is 64.8. The number of aromatic nitrogens is 8.